The maximum Gasteiger partial charge on any atom is 0.332 e. The molecule has 0 radical (unpaired) electrons. The molecule has 0 aliphatic rings. The minimum atomic E-state index is -4.33. The van der Waals surface area contributed by atoms with Crippen LogP contribution < -0.4 is 4.74 Å². The Labute approximate surface area is 234 Å². The fourth-order valence-electron chi connectivity index (χ4n) is 3.69. The maximum absolute atomic E-state index is 13.8. The van der Waals surface area contributed by atoms with E-state index in [-0.39, 0.29) is 24.5 Å². The largest absolute Gasteiger partial charge is 0.463 e. The number of carbonyl (C=O) groups excluding carboxylic acids is 2. The summed E-state index contributed by atoms with van der Waals surface area (Å²) in [7, 11) is -4.33. The number of carbonyl (C=O) groups is 2. The molecule has 10 heteroatoms. The molecule has 0 fully saturated rings. The van der Waals surface area contributed by atoms with Gasteiger partial charge < -0.3 is 14.2 Å². The molecule has 8 nitrogen and oxygen atoms in total. The highest BCUT2D eigenvalue weighted by molar-refractivity contribution is 7.89. The van der Waals surface area contributed by atoms with Gasteiger partial charge in [0.05, 0.1) is 11.5 Å². The van der Waals surface area contributed by atoms with Crippen molar-refractivity contribution in [2.75, 3.05) is 6.61 Å². The van der Waals surface area contributed by atoms with Gasteiger partial charge in [-0.2, -0.15) is 0 Å². The second kappa shape index (κ2) is 14.8. The molecule has 0 aromatic heterocycles. The Kier molecular flexibility index (Phi) is 11.3. The van der Waals surface area contributed by atoms with Gasteiger partial charge in [0.2, 0.25) is 0 Å². The summed E-state index contributed by atoms with van der Waals surface area (Å²) >= 11 is 0. The minimum absolute atomic E-state index is 0.0345. The summed E-state index contributed by atoms with van der Waals surface area (Å²) in [5.74, 6) is -1.21. The van der Waals surface area contributed by atoms with E-state index >= 15 is 0 Å². The quantitative estimate of drug-likeness (QED) is 0.174. The van der Waals surface area contributed by atoms with E-state index in [1.54, 1.807) is 31.2 Å². The summed E-state index contributed by atoms with van der Waals surface area (Å²) in [6.45, 7) is 3.61. The molecule has 0 N–H and O–H groups in total. The zero-order valence-electron chi connectivity index (χ0n) is 22.4. The number of sulfonamides is 1. The van der Waals surface area contributed by atoms with Gasteiger partial charge in [0, 0.05) is 12.3 Å². The van der Waals surface area contributed by atoms with Crippen LogP contribution in [0, 0.1) is 5.82 Å². The van der Waals surface area contributed by atoms with Gasteiger partial charge in [-0.15, -0.1) is 0 Å². The Morgan fingerprint density at radius 3 is 2.12 bits per heavy atom. The van der Waals surface area contributed by atoms with E-state index < -0.39 is 33.8 Å². The number of benzene rings is 3. The number of halogens is 1. The van der Waals surface area contributed by atoms with Crippen LogP contribution in [0.3, 0.4) is 0 Å². The molecule has 40 heavy (non-hydrogen) atoms. The van der Waals surface area contributed by atoms with Crippen molar-refractivity contribution in [3.8, 4) is 11.5 Å². The molecule has 0 saturated carbocycles. The third kappa shape index (κ3) is 8.67. The number of hydrogen-bond donors (Lipinski definition) is 0. The molecule has 1 unspecified atom stereocenters. The highest BCUT2D eigenvalue weighted by Gasteiger charge is 2.34. The molecule has 3 rings (SSSR count). The van der Waals surface area contributed by atoms with Crippen molar-refractivity contribution in [1.29, 1.82) is 0 Å². The first-order chi connectivity index (χ1) is 19.2. The van der Waals surface area contributed by atoms with Crippen LogP contribution in [-0.2, 0) is 35.7 Å². The lowest BCUT2D eigenvalue weighted by molar-refractivity contribution is -0.149. The topological polar surface area (TPSA) is 99.2 Å². The molecule has 0 spiro atoms. The zero-order valence-corrected chi connectivity index (χ0v) is 23.2. The molecule has 0 saturated heterocycles. The normalized spacial score (nSPS) is 12.1. The average Bonchev–Trinajstić information content (AvgIpc) is 2.95. The van der Waals surface area contributed by atoms with Gasteiger partial charge >= 0.3 is 11.9 Å². The second-order valence-electron chi connectivity index (χ2n) is 8.68. The molecular weight excluding hydrogens is 537 g/mol. The Morgan fingerprint density at radius 2 is 1.52 bits per heavy atom. The lowest BCUT2D eigenvalue weighted by atomic mass is 10.1. The van der Waals surface area contributed by atoms with Gasteiger partial charge in [-0.25, -0.2) is 22.4 Å². The van der Waals surface area contributed by atoms with E-state index in [1.165, 1.54) is 48.5 Å². The lowest BCUT2D eigenvalue weighted by Crippen LogP contribution is -2.42. The van der Waals surface area contributed by atoms with Crippen LogP contribution in [0.2, 0.25) is 0 Å². The summed E-state index contributed by atoms with van der Waals surface area (Å²) < 4.78 is 57.8. The predicted octanol–water partition coefficient (Wildman–Crippen LogP) is 5.99. The number of unbranched alkanes of at least 4 members (excludes halogenated alkanes) is 1. The Morgan fingerprint density at radius 1 is 0.900 bits per heavy atom. The van der Waals surface area contributed by atoms with E-state index in [1.807, 2.05) is 13.0 Å². The van der Waals surface area contributed by atoms with Crippen molar-refractivity contribution in [1.82, 2.24) is 4.31 Å². The maximum atomic E-state index is 13.8. The summed E-state index contributed by atoms with van der Waals surface area (Å²) in [5, 5.41) is 0. The third-order valence-electron chi connectivity index (χ3n) is 5.73. The molecule has 0 amide bonds. The summed E-state index contributed by atoms with van der Waals surface area (Å²) in [6.07, 6.45) is 3.42. The minimum Gasteiger partial charge on any atom is -0.463 e. The van der Waals surface area contributed by atoms with Crippen molar-refractivity contribution >= 4 is 22.0 Å². The van der Waals surface area contributed by atoms with Gasteiger partial charge in [0.15, 0.2) is 0 Å². The van der Waals surface area contributed by atoms with E-state index in [4.69, 9.17) is 14.2 Å². The van der Waals surface area contributed by atoms with Crippen molar-refractivity contribution in [2.45, 2.75) is 50.7 Å². The van der Waals surface area contributed by atoms with Crippen LogP contribution in [0.5, 0.6) is 11.5 Å². The van der Waals surface area contributed by atoms with E-state index in [0.29, 0.717) is 24.3 Å². The van der Waals surface area contributed by atoms with Gasteiger partial charge in [-0.05, 0) is 67.4 Å². The van der Waals surface area contributed by atoms with Crippen molar-refractivity contribution in [3.63, 3.8) is 0 Å². The fourth-order valence-corrected chi connectivity index (χ4v) is 5.16. The van der Waals surface area contributed by atoms with E-state index in [0.717, 1.165) is 22.1 Å². The van der Waals surface area contributed by atoms with Crippen LogP contribution in [0.1, 0.15) is 38.7 Å². The van der Waals surface area contributed by atoms with Crippen molar-refractivity contribution in [2.24, 2.45) is 0 Å². The first-order valence-corrected chi connectivity index (χ1v) is 14.3. The number of rotatable bonds is 14. The van der Waals surface area contributed by atoms with Crippen molar-refractivity contribution in [3.05, 3.63) is 103 Å². The first kappa shape index (κ1) is 30.4. The van der Waals surface area contributed by atoms with Crippen molar-refractivity contribution < 1.29 is 36.6 Å². The SMILES string of the molecule is CCCCC(C(=O)OCc1ccccc1)N(C=CC(=O)OCC)S(=O)(=O)c1ccc(Oc2ccc(F)cc2)cc1. The Balaban J connectivity index is 1.91. The van der Waals surface area contributed by atoms with Gasteiger partial charge in [0.1, 0.15) is 30.0 Å². The monoisotopic (exact) mass is 569 g/mol. The van der Waals surface area contributed by atoms with Gasteiger partial charge in [-0.3, -0.25) is 4.31 Å². The number of ether oxygens (including phenoxy) is 3. The molecule has 0 aliphatic carbocycles. The van der Waals surface area contributed by atoms with Crippen LogP contribution in [-0.4, -0.2) is 37.3 Å². The molecule has 3 aromatic rings. The average molecular weight is 570 g/mol. The number of hydrogen-bond acceptors (Lipinski definition) is 7. The number of esters is 2. The molecule has 0 aliphatic heterocycles. The van der Waals surface area contributed by atoms with E-state index in [9.17, 15) is 22.4 Å². The number of nitrogens with zero attached hydrogens (tertiary/aromatic N) is 1. The van der Waals surface area contributed by atoms with E-state index in [2.05, 4.69) is 0 Å². The molecule has 0 heterocycles. The lowest BCUT2D eigenvalue weighted by Gasteiger charge is -2.28. The molecule has 3 aromatic carbocycles. The smallest absolute Gasteiger partial charge is 0.332 e. The van der Waals surface area contributed by atoms with Gasteiger partial charge in [-0.1, -0.05) is 50.1 Å². The molecule has 212 valence electrons. The Hall–Kier alpha value is -4.18. The second-order valence-corrected chi connectivity index (χ2v) is 10.5. The summed E-state index contributed by atoms with van der Waals surface area (Å²) in [4.78, 5) is 25.2. The molecule has 1 atom stereocenters. The fraction of sp³-hybridized carbons (Fsp3) is 0.267. The van der Waals surface area contributed by atoms with Crippen LogP contribution in [0.4, 0.5) is 4.39 Å². The Bertz CT molecular complexity index is 1380. The molecular formula is C30H32FNO7S. The van der Waals surface area contributed by atoms with Crippen LogP contribution >= 0.6 is 0 Å². The summed E-state index contributed by atoms with van der Waals surface area (Å²) in [5.41, 5.74) is 0.748. The van der Waals surface area contributed by atoms with Crippen LogP contribution in [0.25, 0.3) is 0 Å². The zero-order chi connectivity index (χ0) is 29.0. The predicted molar refractivity (Wildman–Crippen MR) is 147 cm³/mol. The third-order valence-corrected chi connectivity index (χ3v) is 7.53. The van der Waals surface area contributed by atoms with Gasteiger partial charge in [0.25, 0.3) is 10.0 Å². The first-order valence-electron chi connectivity index (χ1n) is 12.9. The summed E-state index contributed by atoms with van der Waals surface area (Å²) in [6, 6.07) is 18.7. The standard InChI is InChI=1S/C30H32FNO7S/c1-3-5-11-28(30(34)38-22-23-9-7-6-8-10-23)32(21-20-29(33)37-4-2)40(35,36)27-18-16-26(17-19-27)39-25-14-12-24(31)13-15-25/h6-10,12-21,28H,3-5,11,22H2,1-2H3. The highest BCUT2D eigenvalue weighted by Crippen LogP contribution is 2.27. The van der Waals surface area contributed by atoms with Crippen LogP contribution in [0.15, 0.2) is 96.0 Å². The molecule has 0 bridgehead atoms. The highest BCUT2D eigenvalue weighted by atomic mass is 32.2.